The molecule has 2 aromatic rings. The number of carbonyl (C=O) groups excluding carboxylic acids is 2. The molecule has 2 heterocycles. The Labute approximate surface area is 133 Å². The van der Waals surface area contributed by atoms with Crippen molar-refractivity contribution in [2.75, 3.05) is 0 Å². The van der Waals surface area contributed by atoms with Gasteiger partial charge in [0, 0.05) is 17.3 Å². The van der Waals surface area contributed by atoms with Gasteiger partial charge in [-0.15, -0.1) is 11.3 Å². The number of amides is 2. The van der Waals surface area contributed by atoms with Crippen LogP contribution in [0.5, 0.6) is 0 Å². The molecule has 0 atom stereocenters. The maximum atomic E-state index is 12.1. The zero-order valence-electron chi connectivity index (χ0n) is 12.7. The maximum absolute atomic E-state index is 12.1. The van der Waals surface area contributed by atoms with Gasteiger partial charge in [-0.05, 0) is 36.6 Å². The van der Waals surface area contributed by atoms with Crippen LogP contribution in [0.2, 0.25) is 0 Å². The Kier molecular flexibility index (Phi) is 5.66. The van der Waals surface area contributed by atoms with E-state index in [0.717, 1.165) is 19.3 Å². The molecule has 0 bridgehead atoms. The van der Waals surface area contributed by atoms with Gasteiger partial charge in [-0.2, -0.15) is 0 Å². The van der Waals surface area contributed by atoms with Gasteiger partial charge in [0.25, 0.3) is 11.8 Å². The number of hydrazine groups is 1. The van der Waals surface area contributed by atoms with Gasteiger partial charge in [0.15, 0.2) is 0 Å². The third kappa shape index (κ3) is 3.92. The van der Waals surface area contributed by atoms with Crippen LogP contribution in [0.15, 0.2) is 30.6 Å². The van der Waals surface area contributed by atoms with Crippen molar-refractivity contribution in [3.8, 4) is 0 Å². The van der Waals surface area contributed by atoms with Gasteiger partial charge in [0.1, 0.15) is 0 Å². The second-order valence-corrected chi connectivity index (χ2v) is 5.95. The molecule has 5 nitrogen and oxygen atoms in total. The SMILES string of the molecule is CCCc1sc(C(=O)NNC(=O)c2cccnc2)cc1CC. The molecule has 0 fully saturated rings. The number of rotatable bonds is 5. The van der Waals surface area contributed by atoms with E-state index >= 15 is 0 Å². The second-order valence-electron chi connectivity index (χ2n) is 4.81. The first-order chi connectivity index (χ1) is 10.7. The Morgan fingerprint density at radius 2 is 2.00 bits per heavy atom. The first-order valence-corrected chi connectivity index (χ1v) is 8.09. The Hall–Kier alpha value is -2.21. The topological polar surface area (TPSA) is 71.1 Å². The summed E-state index contributed by atoms with van der Waals surface area (Å²) in [6.45, 7) is 4.19. The molecular formula is C16H19N3O2S. The normalized spacial score (nSPS) is 10.3. The molecule has 0 aliphatic carbocycles. The summed E-state index contributed by atoms with van der Waals surface area (Å²) in [5.74, 6) is -0.679. The molecule has 0 saturated carbocycles. The number of aromatic nitrogens is 1. The molecule has 2 N–H and O–H groups in total. The van der Waals surface area contributed by atoms with Crippen LogP contribution in [-0.4, -0.2) is 16.8 Å². The van der Waals surface area contributed by atoms with E-state index in [9.17, 15) is 9.59 Å². The highest BCUT2D eigenvalue weighted by Crippen LogP contribution is 2.24. The molecule has 0 aliphatic rings. The summed E-state index contributed by atoms with van der Waals surface area (Å²) in [7, 11) is 0. The Morgan fingerprint density at radius 3 is 2.64 bits per heavy atom. The number of thiophene rings is 1. The molecule has 0 unspecified atom stereocenters. The molecule has 2 amide bonds. The lowest BCUT2D eigenvalue weighted by Gasteiger charge is -2.05. The quantitative estimate of drug-likeness (QED) is 0.833. The molecule has 22 heavy (non-hydrogen) atoms. The van der Waals surface area contributed by atoms with Crippen molar-refractivity contribution in [2.24, 2.45) is 0 Å². The molecule has 6 heteroatoms. The van der Waals surface area contributed by atoms with Gasteiger partial charge in [-0.25, -0.2) is 0 Å². The summed E-state index contributed by atoms with van der Waals surface area (Å²) in [5.41, 5.74) is 6.45. The summed E-state index contributed by atoms with van der Waals surface area (Å²) in [5, 5.41) is 0. The van der Waals surface area contributed by atoms with E-state index < -0.39 is 0 Å². The number of nitrogens with one attached hydrogen (secondary N) is 2. The highest BCUT2D eigenvalue weighted by atomic mass is 32.1. The average Bonchev–Trinajstić information content (AvgIpc) is 2.96. The van der Waals surface area contributed by atoms with Crippen molar-refractivity contribution in [3.63, 3.8) is 0 Å². The fourth-order valence-electron chi connectivity index (χ4n) is 2.06. The largest absolute Gasteiger partial charge is 0.279 e. The van der Waals surface area contributed by atoms with Crippen molar-refractivity contribution < 1.29 is 9.59 Å². The predicted octanol–water partition coefficient (Wildman–Crippen LogP) is 2.73. The van der Waals surface area contributed by atoms with E-state index in [1.54, 1.807) is 18.3 Å². The van der Waals surface area contributed by atoms with Crippen LogP contribution < -0.4 is 10.9 Å². The third-order valence-electron chi connectivity index (χ3n) is 3.19. The highest BCUT2D eigenvalue weighted by Gasteiger charge is 2.14. The lowest BCUT2D eigenvalue weighted by Crippen LogP contribution is -2.41. The Bertz CT molecular complexity index is 653. The van der Waals surface area contributed by atoms with Crippen LogP contribution in [0.25, 0.3) is 0 Å². The molecule has 0 spiro atoms. The van der Waals surface area contributed by atoms with Gasteiger partial charge >= 0.3 is 0 Å². The van der Waals surface area contributed by atoms with Crippen LogP contribution in [0, 0.1) is 0 Å². The predicted molar refractivity (Wildman–Crippen MR) is 86.9 cm³/mol. The lowest BCUT2D eigenvalue weighted by molar-refractivity contribution is 0.0848. The van der Waals surface area contributed by atoms with Crippen LogP contribution >= 0.6 is 11.3 Å². The van der Waals surface area contributed by atoms with Gasteiger partial charge in [-0.3, -0.25) is 25.4 Å². The number of carbonyl (C=O) groups is 2. The smallest absolute Gasteiger partial charge is 0.267 e. The van der Waals surface area contributed by atoms with Crippen LogP contribution in [-0.2, 0) is 12.8 Å². The summed E-state index contributed by atoms with van der Waals surface area (Å²) in [6, 6.07) is 5.20. The molecule has 116 valence electrons. The van der Waals surface area contributed by atoms with E-state index in [2.05, 4.69) is 29.7 Å². The van der Waals surface area contributed by atoms with Crippen molar-refractivity contribution in [2.45, 2.75) is 33.1 Å². The van der Waals surface area contributed by atoms with E-state index in [1.807, 2.05) is 6.07 Å². The van der Waals surface area contributed by atoms with E-state index in [1.165, 1.54) is 28.0 Å². The van der Waals surface area contributed by atoms with Crippen LogP contribution in [0.4, 0.5) is 0 Å². The number of aryl methyl sites for hydroxylation is 2. The van der Waals surface area contributed by atoms with E-state index in [-0.39, 0.29) is 11.8 Å². The van der Waals surface area contributed by atoms with E-state index in [0.29, 0.717) is 10.4 Å². The minimum Gasteiger partial charge on any atom is -0.267 e. The summed E-state index contributed by atoms with van der Waals surface area (Å²) < 4.78 is 0. The van der Waals surface area contributed by atoms with Gasteiger partial charge in [0.2, 0.25) is 0 Å². The van der Waals surface area contributed by atoms with Crippen molar-refractivity contribution >= 4 is 23.2 Å². The Morgan fingerprint density at radius 1 is 1.23 bits per heavy atom. The summed E-state index contributed by atoms with van der Waals surface area (Å²) in [4.78, 5) is 29.7. The van der Waals surface area contributed by atoms with Crippen LogP contribution in [0.3, 0.4) is 0 Å². The van der Waals surface area contributed by atoms with Crippen LogP contribution in [0.1, 0.15) is 50.7 Å². The fourth-order valence-corrected chi connectivity index (χ4v) is 3.31. The lowest BCUT2D eigenvalue weighted by atomic mass is 10.1. The van der Waals surface area contributed by atoms with Crippen molar-refractivity contribution in [3.05, 3.63) is 51.5 Å². The van der Waals surface area contributed by atoms with E-state index in [4.69, 9.17) is 0 Å². The molecule has 2 aromatic heterocycles. The second kappa shape index (κ2) is 7.70. The number of pyridine rings is 1. The molecule has 0 saturated heterocycles. The first-order valence-electron chi connectivity index (χ1n) is 7.28. The molecular weight excluding hydrogens is 298 g/mol. The van der Waals surface area contributed by atoms with Gasteiger partial charge in [0.05, 0.1) is 10.4 Å². The van der Waals surface area contributed by atoms with Gasteiger partial charge in [-0.1, -0.05) is 20.3 Å². The number of hydrogen-bond acceptors (Lipinski definition) is 4. The summed E-state index contributed by atoms with van der Waals surface area (Å²) in [6.07, 6.45) is 5.96. The fraction of sp³-hybridized carbons (Fsp3) is 0.312. The zero-order valence-corrected chi connectivity index (χ0v) is 13.5. The minimum absolute atomic E-state index is 0.292. The van der Waals surface area contributed by atoms with Crippen molar-refractivity contribution in [1.82, 2.24) is 15.8 Å². The zero-order chi connectivity index (χ0) is 15.9. The average molecular weight is 317 g/mol. The van der Waals surface area contributed by atoms with Gasteiger partial charge < -0.3 is 0 Å². The highest BCUT2D eigenvalue weighted by molar-refractivity contribution is 7.14. The van der Waals surface area contributed by atoms with Crippen molar-refractivity contribution in [1.29, 1.82) is 0 Å². The summed E-state index contributed by atoms with van der Waals surface area (Å²) >= 11 is 1.49. The monoisotopic (exact) mass is 317 g/mol. The minimum atomic E-state index is -0.387. The molecule has 0 radical (unpaired) electrons. The Balaban J connectivity index is 1.99. The molecule has 0 aromatic carbocycles. The maximum Gasteiger partial charge on any atom is 0.279 e. The number of nitrogens with zero attached hydrogens (tertiary/aromatic N) is 1. The first kappa shape index (κ1) is 16.2. The molecule has 0 aliphatic heterocycles. The standard InChI is InChI=1S/C16H19N3O2S/c1-3-6-13-11(4-2)9-14(22-13)16(21)19-18-15(20)12-7-5-8-17-10-12/h5,7-10H,3-4,6H2,1-2H3,(H,18,20)(H,19,21). The molecule has 2 rings (SSSR count). The third-order valence-corrected chi connectivity index (χ3v) is 4.43. The number of hydrogen-bond donors (Lipinski definition) is 2.